The third-order valence-corrected chi connectivity index (χ3v) is 4.49. The second-order valence-electron chi connectivity index (χ2n) is 5.04. The number of aliphatic hydroxyl groups is 1. The Balaban J connectivity index is 1.87. The Morgan fingerprint density at radius 3 is 3.00 bits per heavy atom. The zero-order chi connectivity index (χ0) is 8.84. The molecule has 0 saturated carbocycles. The third kappa shape index (κ3) is 1.08. The second-order valence-corrected chi connectivity index (χ2v) is 5.04. The van der Waals surface area contributed by atoms with Gasteiger partial charge in [-0.2, -0.15) is 0 Å². The maximum absolute atomic E-state index is 9.34. The molecule has 3 aliphatic rings. The molecule has 0 aromatic rings. The van der Waals surface area contributed by atoms with Crippen LogP contribution in [-0.4, -0.2) is 35.2 Å². The van der Waals surface area contributed by atoms with Gasteiger partial charge in [-0.25, -0.2) is 0 Å². The number of nitrogens with zero attached hydrogens (tertiary/aromatic N) is 1. The van der Waals surface area contributed by atoms with Gasteiger partial charge in [-0.3, -0.25) is 4.90 Å². The molecule has 3 fully saturated rings. The zero-order valence-corrected chi connectivity index (χ0v) is 8.15. The highest BCUT2D eigenvalue weighted by molar-refractivity contribution is 5.03. The van der Waals surface area contributed by atoms with Crippen LogP contribution in [-0.2, 0) is 0 Å². The molecule has 2 heteroatoms. The minimum Gasteiger partial charge on any atom is -0.396 e. The van der Waals surface area contributed by atoms with Crippen LogP contribution in [0.15, 0.2) is 0 Å². The molecule has 1 unspecified atom stereocenters. The summed E-state index contributed by atoms with van der Waals surface area (Å²) in [6, 6.07) is 1.65. The fraction of sp³-hybridized carbons (Fsp3) is 1.00. The highest BCUT2D eigenvalue weighted by atomic mass is 16.3. The fourth-order valence-corrected chi connectivity index (χ4v) is 4.01. The van der Waals surface area contributed by atoms with Gasteiger partial charge in [-0.15, -0.1) is 0 Å². The van der Waals surface area contributed by atoms with E-state index >= 15 is 0 Å². The van der Waals surface area contributed by atoms with Crippen molar-refractivity contribution in [1.29, 1.82) is 0 Å². The van der Waals surface area contributed by atoms with Crippen molar-refractivity contribution in [2.75, 3.05) is 13.2 Å². The number of rotatable bonds is 1. The van der Waals surface area contributed by atoms with Crippen LogP contribution in [0.3, 0.4) is 0 Å². The number of hydrogen-bond acceptors (Lipinski definition) is 2. The van der Waals surface area contributed by atoms with Crippen LogP contribution in [0.25, 0.3) is 0 Å². The quantitative estimate of drug-likeness (QED) is 0.658. The predicted molar refractivity (Wildman–Crippen MR) is 51.4 cm³/mol. The molecule has 13 heavy (non-hydrogen) atoms. The minimum atomic E-state index is 0.421. The molecule has 3 saturated heterocycles. The molecule has 2 nitrogen and oxygen atoms in total. The fourth-order valence-electron chi connectivity index (χ4n) is 4.01. The van der Waals surface area contributed by atoms with Gasteiger partial charge >= 0.3 is 0 Å². The summed E-state index contributed by atoms with van der Waals surface area (Å²) in [7, 11) is 0. The molecule has 0 aromatic heterocycles. The van der Waals surface area contributed by atoms with E-state index in [9.17, 15) is 5.11 Å². The Labute approximate surface area is 79.9 Å². The van der Waals surface area contributed by atoms with Gasteiger partial charge in [-0.1, -0.05) is 0 Å². The number of hydrogen-bond donors (Lipinski definition) is 1. The molecule has 0 amide bonds. The standard InChI is InChI=1S/C11H19NO/c13-7-9-3-4-10-6-8-2-1-5-12(10)11(8)9/h8-11,13H,1-7H2/t8-,9+,10-,11-/m0/s1. The Bertz CT molecular complexity index is 204. The van der Waals surface area contributed by atoms with Crippen LogP contribution < -0.4 is 0 Å². The lowest BCUT2D eigenvalue weighted by Gasteiger charge is -2.43. The maximum atomic E-state index is 9.34. The van der Waals surface area contributed by atoms with Gasteiger partial charge in [-0.05, 0) is 50.5 Å². The molecular weight excluding hydrogens is 162 g/mol. The molecule has 1 N–H and O–H groups in total. The third-order valence-electron chi connectivity index (χ3n) is 4.49. The Morgan fingerprint density at radius 1 is 1.23 bits per heavy atom. The molecule has 0 spiro atoms. The van der Waals surface area contributed by atoms with Crippen molar-refractivity contribution in [2.45, 2.75) is 44.2 Å². The highest BCUT2D eigenvalue weighted by Crippen LogP contribution is 2.47. The summed E-state index contributed by atoms with van der Waals surface area (Å²) in [5, 5.41) is 9.34. The van der Waals surface area contributed by atoms with Crippen molar-refractivity contribution < 1.29 is 5.11 Å². The monoisotopic (exact) mass is 181 g/mol. The van der Waals surface area contributed by atoms with E-state index < -0.39 is 0 Å². The summed E-state index contributed by atoms with van der Waals surface area (Å²) in [5.41, 5.74) is 0. The van der Waals surface area contributed by atoms with E-state index in [1.165, 1.54) is 38.6 Å². The first kappa shape index (κ1) is 8.25. The van der Waals surface area contributed by atoms with Crippen LogP contribution in [0.1, 0.15) is 32.1 Å². The van der Waals surface area contributed by atoms with Crippen LogP contribution in [0, 0.1) is 11.8 Å². The average molecular weight is 181 g/mol. The van der Waals surface area contributed by atoms with Gasteiger partial charge in [0, 0.05) is 18.7 Å². The van der Waals surface area contributed by atoms with E-state index in [2.05, 4.69) is 4.90 Å². The van der Waals surface area contributed by atoms with E-state index in [1.807, 2.05) is 0 Å². The molecule has 5 atom stereocenters. The van der Waals surface area contributed by atoms with Crippen molar-refractivity contribution >= 4 is 0 Å². The summed E-state index contributed by atoms with van der Waals surface area (Å²) in [6.07, 6.45) is 6.88. The molecule has 74 valence electrons. The van der Waals surface area contributed by atoms with E-state index in [0.29, 0.717) is 12.5 Å². The van der Waals surface area contributed by atoms with Crippen LogP contribution >= 0.6 is 0 Å². The maximum Gasteiger partial charge on any atom is 0.0474 e. The van der Waals surface area contributed by atoms with Gasteiger partial charge in [0.05, 0.1) is 0 Å². The molecule has 0 aliphatic carbocycles. The summed E-state index contributed by atoms with van der Waals surface area (Å²) in [4.78, 5) is 2.71. The van der Waals surface area contributed by atoms with E-state index in [1.54, 1.807) is 0 Å². The Hall–Kier alpha value is -0.0800. The van der Waals surface area contributed by atoms with E-state index in [0.717, 1.165) is 18.0 Å². The summed E-state index contributed by atoms with van der Waals surface area (Å²) < 4.78 is 0. The van der Waals surface area contributed by atoms with Crippen molar-refractivity contribution in [3.8, 4) is 0 Å². The lowest BCUT2D eigenvalue weighted by atomic mass is 9.82. The van der Waals surface area contributed by atoms with E-state index in [-0.39, 0.29) is 0 Å². The predicted octanol–water partition coefficient (Wildman–Crippen LogP) is 1.24. The summed E-state index contributed by atoms with van der Waals surface area (Å²) >= 11 is 0. The van der Waals surface area contributed by atoms with Gasteiger partial charge in [0.1, 0.15) is 0 Å². The number of piperidine rings is 2. The van der Waals surface area contributed by atoms with Gasteiger partial charge in [0.25, 0.3) is 0 Å². The van der Waals surface area contributed by atoms with Crippen LogP contribution in [0.4, 0.5) is 0 Å². The largest absolute Gasteiger partial charge is 0.396 e. The summed E-state index contributed by atoms with van der Waals surface area (Å²) in [5.74, 6) is 1.53. The van der Waals surface area contributed by atoms with Gasteiger partial charge < -0.3 is 5.11 Å². The first-order valence-corrected chi connectivity index (χ1v) is 5.77. The SMILES string of the molecule is OC[C@H]1CC[C@H]2C[C@@H]3CCCN2[C@H]13. The van der Waals surface area contributed by atoms with Gasteiger partial charge in [0.2, 0.25) is 0 Å². The topological polar surface area (TPSA) is 23.5 Å². The van der Waals surface area contributed by atoms with Gasteiger partial charge in [0.15, 0.2) is 0 Å². The molecule has 0 aromatic carbocycles. The summed E-state index contributed by atoms with van der Waals surface area (Å²) in [6.45, 7) is 1.73. The van der Waals surface area contributed by atoms with Crippen molar-refractivity contribution in [3.05, 3.63) is 0 Å². The first-order valence-electron chi connectivity index (χ1n) is 5.77. The molecule has 3 heterocycles. The molecule has 3 aliphatic heterocycles. The van der Waals surface area contributed by atoms with Crippen molar-refractivity contribution in [2.24, 2.45) is 11.8 Å². The normalized spacial score (nSPS) is 53.8. The molecular formula is C11H19NO. The minimum absolute atomic E-state index is 0.421. The van der Waals surface area contributed by atoms with E-state index in [4.69, 9.17) is 0 Å². The van der Waals surface area contributed by atoms with Crippen LogP contribution in [0.2, 0.25) is 0 Å². The Morgan fingerprint density at radius 2 is 2.15 bits per heavy atom. The molecule has 4 bridgehead atoms. The molecule has 3 rings (SSSR count). The van der Waals surface area contributed by atoms with Crippen molar-refractivity contribution in [1.82, 2.24) is 4.90 Å². The highest BCUT2D eigenvalue weighted by Gasteiger charge is 2.49. The zero-order valence-electron chi connectivity index (χ0n) is 8.15. The lowest BCUT2D eigenvalue weighted by Crippen LogP contribution is -2.49. The second kappa shape index (κ2) is 2.96. The Kier molecular flexibility index (Phi) is 1.88. The van der Waals surface area contributed by atoms with Crippen LogP contribution in [0.5, 0.6) is 0 Å². The van der Waals surface area contributed by atoms with Crippen molar-refractivity contribution in [3.63, 3.8) is 0 Å². The lowest BCUT2D eigenvalue weighted by molar-refractivity contribution is 0.0258. The number of aliphatic hydroxyl groups excluding tert-OH is 1. The first-order chi connectivity index (χ1) is 6.40. The average Bonchev–Trinajstić information content (AvgIpc) is 2.39. The molecule has 0 radical (unpaired) electrons. The smallest absolute Gasteiger partial charge is 0.0474 e.